The van der Waals surface area contributed by atoms with Crippen molar-refractivity contribution in [1.29, 1.82) is 0 Å². The second kappa shape index (κ2) is 6.02. The number of nitrogens with zero attached hydrogens (tertiary/aromatic N) is 1. The lowest BCUT2D eigenvalue weighted by atomic mass is 10.0. The first kappa shape index (κ1) is 12.4. The molecule has 1 unspecified atom stereocenters. The Bertz CT molecular complexity index is 353. The van der Waals surface area contributed by atoms with Gasteiger partial charge in [0.2, 0.25) is 0 Å². The van der Waals surface area contributed by atoms with Gasteiger partial charge in [-0.15, -0.1) is 0 Å². The van der Waals surface area contributed by atoms with Gasteiger partial charge in [0.05, 0.1) is 6.61 Å². The van der Waals surface area contributed by atoms with Crippen molar-refractivity contribution in [1.82, 2.24) is 10.2 Å². The van der Waals surface area contributed by atoms with E-state index in [0.717, 1.165) is 19.5 Å². The first-order valence-electron chi connectivity index (χ1n) is 5.85. The Balaban J connectivity index is 1.79. The molecule has 17 heavy (non-hydrogen) atoms. The van der Waals surface area contributed by atoms with Crippen LogP contribution in [-0.4, -0.2) is 44.3 Å². The van der Waals surface area contributed by atoms with Gasteiger partial charge in [0.25, 0.3) is 0 Å². The molecule has 1 atom stereocenters. The molecule has 0 aliphatic carbocycles. The number of rotatable bonds is 4. The molecule has 0 saturated carbocycles. The van der Waals surface area contributed by atoms with Crippen molar-refractivity contribution in [3.63, 3.8) is 0 Å². The van der Waals surface area contributed by atoms with Gasteiger partial charge >= 0.3 is 6.03 Å². The van der Waals surface area contributed by atoms with E-state index in [4.69, 9.17) is 4.74 Å². The Kier molecular flexibility index (Phi) is 4.39. The normalized spacial score (nSPS) is 19.6. The Morgan fingerprint density at radius 2 is 2.59 bits per heavy atom. The third-order valence-corrected chi connectivity index (χ3v) is 3.77. The zero-order valence-corrected chi connectivity index (χ0v) is 10.8. The summed E-state index contributed by atoms with van der Waals surface area (Å²) in [6.45, 7) is 2.82. The highest BCUT2D eigenvalue weighted by molar-refractivity contribution is 7.07. The predicted octanol–water partition coefficient (Wildman–Crippen LogP) is 1.89. The van der Waals surface area contributed by atoms with Crippen molar-refractivity contribution >= 4 is 17.4 Å². The van der Waals surface area contributed by atoms with Gasteiger partial charge in [0, 0.05) is 32.7 Å². The molecule has 0 bridgehead atoms. The molecular formula is C12H18N2O2S. The fourth-order valence-corrected chi connectivity index (χ4v) is 2.84. The summed E-state index contributed by atoms with van der Waals surface area (Å²) in [5.41, 5.74) is 1.36. The minimum atomic E-state index is 0.0276. The van der Waals surface area contributed by atoms with Gasteiger partial charge in [-0.05, 0) is 28.8 Å². The number of thiophene rings is 1. The molecule has 1 aromatic heterocycles. The van der Waals surface area contributed by atoms with E-state index in [1.165, 1.54) is 5.56 Å². The molecular weight excluding hydrogens is 236 g/mol. The molecule has 0 aromatic carbocycles. The van der Waals surface area contributed by atoms with Crippen molar-refractivity contribution in [3.8, 4) is 0 Å². The van der Waals surface area contributed by atoms with Crippen molar-refractivity contribution in [2.75, 3.05) is 33.4 Å². The number of carbonyl (C=O) groups is 1. The van der Waals surface area contributed by atoms with Gasteiger partial charge in [-0.1, -0.05) is 0 Å². The molecule has 1 aromatic rings. The molecule has 1 fully saturated rings. The molecule has 1 aliphatic rings. The number of amides is 2. The van der Waals surface area contributed by atoms with Crippen LogP contribution in [0.1, 0.15) is 17.9 Å². The fraction of sp³-hybridized carbons (Fsp3) is 0.583. The minimum absolute atomic E-state index is 0.0276. The average molecular weight is 254 g/mol. The minimum Gasteiger partial charge on any atom is -0.383 e. The van der Waals surface area contributed by atoms with Gasteiger partial charge < -0.3 is 15.0 Å². The van der Waals surface area contributed by atoms with E-state index in [-0.39, 0.29) is 6.03 Å². The van der Waals surface area contributed by atoms with Crippen LogP contribution < -0.4 is 5.32 Å². The third kappa shape index (κ3) is 3.20. The first-order chi connectivity index (χ1) is 8.31. The van der Waals surface area contributed by atoms with Gasteiger partial charge in [0.15, 0.2) is 0 Å². The molecule has 2 heterocycles. The maximum atomic E-state index is 11.8. The quantitative estimate of drug-likeness (QED) is 0.834. The van der Waals surface area contributed by atoms with Crippen molar-refractivity contribution in [2.24, 2.45) is 0 Å². The van der Waals surface area contributed by atoms with Gasteiger partial charge in [-0.2, -0.15) is 11.3 Å². The molecule has 1 saturated heterocycles. The number of carbonyl (C=O) groups excluding carboxylic acids is 1. The van der Waals surface area contributed by atoms with Crippen LogP contribution in [0.25, 0.3) is 0 Å². The summed E-state index contributed by atoms with van der Waals surface area (Å²) in [6, 6.07) is 2.18. The molecule has 1 aliphatic heterocycles. The summed E-state index contributed by atoms with van der Waals surface area (Å²) in [5, 5.41) is 7.13. The van der Waals surface area contributed by atoms with Crippen LogP contribution >= 0.6 is 11.3 Å². The molecule has 5 heteroatoms. The molecule has 94 valence electrons. The number of urea groups is 1. The Morgan fingerprint density at radius 1 is 1.71 bits per heavy atom. The smallest absolute Gasteiger partial charge is 0.317 e. The Labute approximate surface area is 106 Å². The van der Waals surface area contributed by atoms with E-state index in [0.29, 0.717) is 19.1 Å². The van der Waals surface area contributed by atoms with Gasteiger partial charge in [-0.25, -0.2) is 4.79 Å². The second-order valence-electron chi connectivity index (χ2n) is 4.21. The summed E-state index contributed by atoms with van der Waals surface area (Å²) in [5.74, 6) is 0.509. The molecule has 0 spiro atoms. The number of hydrogen-bond donors (Lipinski definition) is 1. The highest BCUT2D eigenvalue weighted by Crippen LogP contribution is 2.28. The van der Waals surface area contributed by atoms with Crippen LogP contribution in [0.5, 0.6) is 0 Å². The van der Waals surface area contributed by atoms with E-state index in [2.05, 4.69) is 22.1 Å². The molecule has 1 N–H and O–H groups in total. The van der Waals surface area contributed by atoms with E-state index < -0.39 is 0 Å². The maximum absolute atomic E-state index is 11.8. The van der Waals surface area contributed by atoms with E-state index in [1.54, 1.807) is 18.4 Å². The van der Waals surface area contributed by atoms with Gasteiger partial charge in [0.1, 0.15) is 0 Å². The largest absolute Gasteiger partial charge is 0.383 e. The highest BCUT2D eigenvalue weighted by atomic mass is 32.1. The van der Waals surface area contributed by atoms with Crippen molar-refractivity contribution < 1.29 is 9.53 Å². The van der Waals surface area contributed by atoms with Crippen LogP contribution in [0, 0.1) is 0 Å². The molecule has 2 rings (SSSR count). The summed E-state index contributed by atoms with van der Waals surface area (Å²) in [7, 11) is 1.63. The highest BCUT2D eigenvalue weighted by Gasteiger charge is 2.27. The zero-order valence-electron chi connectivity index (χ0n) is 10.0. The molecule has 4 nitrogen and oxygen atoms in total. The van der Waals surface area contributed by atoms with Crippen molar-refractivity contribution in [2.45, 2.75) is 12.3 Å². The average Bonchev–Trinajstić information content (AvgIpc) is 3.00. The third-order valence-electron chi connectivity index (χ3n) is 3.07. The van der Waals surface area contributed by atoms with Crippen LogP contribution in [0.15, 0.2) is 16.8 Å². The van der Waals surface area contributed by atoms with Crippen LogP contribution in [0.3, 0.4) is 0 Å². The lowest BCUT2D eigenvalue weighted by molar-refractivity contribution is 0.185. The fourth-order valence-electron chi connectivity index (χ4n) is 2.10. The Hall–Kier alpha value is -1.07. The summed E-state index contributed by atoms with van der Waals surface area (Å²) < 4.78 is 4.90. The number of hydrogen-bond acceptors (Lipinski definition) is 3. The zero-order chi connectivity index (χ0) is 12.1. The monoisotopic (exact) mass is 254 g/mol. The van der Waals surface area contributed by atoms with Crippen molar-refractivity contribution in [3.05, 3.63) is 22.4 Å². The van der Waals surface area contributed by atoms with Crippen LogP contribution in [0.4, 0.5) is 4.79 Å². The number of nitrogens with one attached hydrogen (secondary N) is 1. The second-order valence-corrected chi connectivity index (χ2v) is 4.99. The van der Waals surface area contributed by atoms with Crippen LogP contribution in [0.2, 0.25) is 0 Å². The van der Waals surface area contributed by atoms with E-state index in [1.807, 2.05) is 4.90 Å². The summed E-state index contributed by atoms with van der Waals surface area (Å²) >= 11 is 1.72. The Morgan fingerprint density at radius 3 is 3.29 bits per heavy atom. The van der Waals surface area contributed by atoms with E-state index in [9.17, 15) is 4.79 Å². The van der Waals surface area contributed by atoms with Crippen LogP contribution in [-0.2, 0) is 4.74 Å². The first-order valence-corrected chi connectivity index (χ1v) is 6.79. The lowest BCUT2D eigenvalue weighted by Gasteiger charge is -2.17. The number of likely N-dealkylation sites (tertiary alicyclic amines) is 1. The maximum Gasteiger partial charge on any atom is 0.317 e. The number of methoxy groups -OCH3 is 1. The standard InChI is InChI=1S/C12H18N2O2S/c1-16-6-4-13-12(15)14-5-2-10(8-14)11-3-7-17-9-11/h3,7,9-10H,2,4-6,8H2,1H3,(H,13,15). The molecule has 0 radical (unpaired) electrons. The molecule has 2 amide bonds. The topological polar surface area (TPSA) is 41.6 Å². The predicted molar refractivity (Wildman–Crippen MR) is 68.5 cm³/mol. The lowest BCUT2D eigenvalue weighted by Crippen LogP contribution is -2.39. The number of ether oxygens (including phenoxy) is 1. The van der Waals surface area contributed by atoms with E-state index >= 15 is 0 Å². The summed E-state index contributed by atoms with van der Waals surface area (Å²) in [4.78, 5) is 13.7. The van der Waals surface area contributed by atoms with Gasteiger partial charge in [-0.3, -0.25) is 0 Å². The summed E-state index contributed by atoms with van der Waals surface area (Å²) in [6.07, 6.45) is 1.06. The SMILES string of the molecule is COCCNC(=O)N1CCC(c2ccsc2)C1.